The van der Waals surface area contributed by atoms with Gasteiger partial charge in [-0.15, -0.1) is 0 Å². The van der Waals surface area contributed by atoms with Gasteiger partial charge in [0.25, 0.3) is 0 Å². The number of benzene rings is 4. The molecule has 0 aromatic heterocycles. The number of hydrogen-bond donors (Lipinski definition) is 2. The molecule has 1 aliphatic carbocycles. The zero-order chi connectivity index (χ0) is 39.9. The molecule has 4 aromatic rings. The summed E-state index contributed by atoms with van der Waals surface area (Å²) < 4.78 is 27.2. The highest BCUT2D eigenvalue weighted by Crippen LogP contribution is 2.52. The fourth-order valence-corrected chi connectivity index (χ4v) is 8.32. The lowest BCUT2D eigenvalue weighted by molar-refractivity contribution is -0.316. The summed E-state index contributed by atoms with van der Waals surface area (Å²) in [7, 11) is 3.95. The van der Waals surface area contributed by atoms with Crippen LogP contribution in [0.3, 0.4) is 0 Å². The van der Waals surface area contributed by atoms with Crippen LogP contribution < -0.4 is 10.6 Å². The number of amides is 2. The summed E-state index contributed by atoms with van der Waals surface area (Å²) in [6.45, 7) is 6.93. The molecule has 2 amide bonds. The molecule has 0 radical (unpaired) electrons. The monoisotopic (exact) mass is 773 g/mol. The van der Waals surface area contributed by atoms with Crippen LogP contribution >= 0.6 is 0 Å². The van der Waals surface area contributed by atoms with Crippen molar-refractivity contribution in [1.82, 2.24) is 15.5 Å². The lowest BCUT2D eigenvalue weighted by Crippen LogP contribution is -2.63. The minimum atomic E-state index is -1.13. The van der Waals surface area contributed by atoms with Crippen molar-refractivity contribution in [2.75, 3.05) is 33.8 Å². The van der Waals surface area contributed by atoms with E-state index in [0.29, 0.717) is 52.0 Å². The molecule has 2 aliphatic heterocycles. The van der Waals surface area contributed by atoms with Gasteiger partial charge in [-0.2, -0.15) is 0 Å². The van der Waals surface area contributed by atoms with Crippen molar-refractivity contribution in [2.45, 2.75) is 108 Å². The van der Waals surface area contributed by atoms with E-state index >= 15 is 0 Å². The molecule has 9 nitrogen and oxygen atoms in total. The Morgan fingerprint density at radius 3 is 2.16 bits per heavy atom. The molecule has 1 saturated carbocycles. The summed E-state index contributed by atoms with van der Waals surface area (Å²) in [4.78, 5) is 27.8. The summed E-state index contributed by atoms with van der Waals surface area (Å²) in [6, 6.07) is 35.7. The van der Waals surface area contributed by atoms with Crippen LogP contribution in [-0.2, 0) is 60.4 Å². The molecule has 302 valence electrons. The average Bonchev–Trinajstić information content (AvgIpc) is 3.49. The molecule has 3 aliphatic rings. The molecule has 3 fully saturated rings. The van der Waals surface area contributed by atoms with Crippen molar-refractivity contribution in [3.05, 3.63) is 142 Å². The topological polar surface area (TPSA) is 98.4 Å². The highest BCUT2D eigenvalue weighted by atomic mass is 16.8. The number of ether oxygens (including phenoxy) is 4. The maximum atomic E-state index is 12.9. The second-order valence-corrected chi connectivity index (χ2v) is 16.8. The van der Waals surface area contributed by atoms with Gasteiger partial charge in [0.2, 0.25) is 17.6 Å². The van der Waals surface area contributed by atoms with Crippen LogP contribution in [0.4, 0.5) is 0 Å². The van der Waals surface area contributed by atoms with Crippen LogP contribution in [0.5, 0.6) is 0 Å². The number of carbonyl (C=O) groups excluding carboxylic acids is 2. The molecule has 0 spiro atoms. The first kappa shape index (κ1) is 40.8. The van der Waals surface area contributed by atoms with Crippen LogP contribution in [-0.4, -0.2) is 73.9 Å². The average molecular weight is 774 g/mol. The van der Waals surface area contributed by atoms with E-state index in [1.54, 1.807) is 0 Å². The Morgan fingerprint density at radius 1 is 0.842 bits per heavy atom. The third-order valence-electron chi connectivity index (χ3n) is 11.8. The van der Waals surface area contributed by atoms with Crippen LogP contribution in [0.2, 0.25) is 0 Å². The van der Waals surface area contributed by atoms with E-state index in [1.165, 1.54) is 22.3 Å². The zero-order valence-corrected chi connectivity index (χ0v) is 34.1. The molecule has 4 aromatic carbocycles. The summed E-state index contributed by atoms with van der Waals surface area (Å²) in [5.41, 5.74) is 6.62. The second kappa shape index (κ2) is 18.0. The Morgan fingerprint density at radius 2 is 1.51 bits per heavy atom. The van der Waals surface area contributed by atoms with Crippen molar-refractivity contribution in [2.24, 2.45) is 0 Å². The van der Waals surface area contributed by atoms with E-state index in [2.05, 4.69) is 91.2 Å². The summed E-state index contributed by atoms with van der Waals surface area (Å²) >= 11 is 0. The Kier molecular flexibility index (Phi) is 12.9. The number of aryl methyl sites for hydroxylation is 2. The molecule has 0 unspecified atom stereocenters. The van der Waals surface area contributed by atoms with Gasteiger partial charge >= 0.3 is 0 Å². The zero-order valence-electron chi connectivity index (χ0n) is 34.1. The minimum absolute atomic E-state index is 0.0563. The molecule has 9 heteroatoms. The number of likely N-dealkylation sites (N-methyl/N-ethyl adjacent to an activating group) is 1. The maximum absolute atomic E-state index is 12.9. The summed E-state index contributed by atoms with van der Waals surface area (Å²) in [5.74, 6) is -1.25. The lowest BCUT2D eigenvalue weighted by atomic mass is 9.75. The highest BCUT2D eigenvalue weighted by molar-refractivity contribution is 5.92. The van der Waals surface area contributed by atoms with Crippen LogP contribution in [0, 0.1) is 6.92 Å². The molecule has 2 saturated heterocycles. The van der Waals surface area contributed by atoms with Gasteiger partial charge < -0.3 is 34.5 Å². The lowest BCUT2D eigenvalue weighted by Gasteiger charge is -2.46. The quantitative estimate of drug-likeness (QED) is 0.111. The first-order valence-corrected chi connectivity index (χ1v) is 20.6. The Labute approximate surface area is 338 Å². The normalized spacial score (nSPS) is 23.5. The maximum Gasteiger partial charge on any atom is 0.245 e. The summed E-state index contributed by atoms with van der Waals surface area (Å²) in [5, 5.41) is 6.07. The third kappa shape index (κ3) is 9.85. The van der Waals surface area contributed by atoms with Gasteiger partial charge in [0.1, 0.15) is 11.6 Å². The van der Waals surface area contributed by atoms with Gasteiger partial charge in [-0.3, -0.25) is 9.59 Å². The van der Waals surface area contributed by atoms with E-state index in [4.69, 9.17) is 18.9 Å². The molecule has 4 atom stereocenters. The first-order chi connectivity index (χ1) is 27.5. The standard InChI is InChI=1S/C48H59N3O6/c1-35-19-24-41(48-44(55-33-39-15-9-6-10-16-39)42(31-46(2,57-48)34-56-48)54-32-38-13-7-5-8-14-38)30-40(35)29-37-22-20-36(21-23-37)17-11-18-43(52)50-47(25-12-26-47)45(53)49-27-28-51(3)4/h5-10,13-16,19-24,30,42,44H,11-12,17-18,25-29,31-34H2,1-4H3,(H,49,53)(H,50,52)/t42-,44+,46+,48-/m0/s1. The van der Waals surface area contributed by atoms with Crippen molar-refractivity contribution >= 4 is 11.8 Å². The predicted molar refractivity (Wildman–Crippen MR) is 221 cm³/mol. The number of nitrogens with one attached hydrogen (secondary N) is 2. The van der Waals surface area contributed by atoms with Gasteiger partial charge in [-0.25, -0.2) is 0 Å². The SMILES string of the molecule is Cc1ccc([C@@]23OC[C@@](C)(C[C@H](OCc4ccccc4)[C@H]2OCc2ccccc2)O3)cc1Cc1ccc(CCCC(=O)NC2(C(=O)NCCN(C)C)CCC2)cc1. The highest BCUT2D eigenvalue weighted by Gasteiger charge is 2.62. The van der Waals surface area contributed by atoms with E-state index < -0.39 is 23.0 Å². The van der Waals surface area contributed by atoms with E-state index in [1.807, 2.05) is 55.4 Å². The number of rotatable bonds is 18. The summed E-state index contributed by atoms with van der Waals surface area (Å²) in [6.07, 6.45) is 4.89. The molecule has 7 rings (SSSR count). The van der Waals surface area contributed by atoms with Gasteiger partial charge in [0.05, 0.1) is 31.5 Å². The number of nitrogens with zero attached hydrogens (tertiary/aromatic N) is 1. The van der Waals surface area contributed by atoms with Gasteiger partial charge in [0, 0.05) is 31.5 Å². The molecular weight excluding hydrogens is 715 g/mol. The van der Waals surface area contributed by atoms with Crippen molar-refractivity contribution in [3.63, 3.8) is 0 Å². The Bertz CT molecular complexity index is 1950. The second-order valence-electron chi connectivity index (χ2n) is 16.8. The van der Waals surface area contributed by atoms with Gasteiger partial charge in [-0.05, 0) is 106 Å². The van der Waals surface area contributed by atoms with Crippen molar-refractivity contribution in [3.8, 4) is 0 Å². The van der Waals surface area contributed by atoms with Crippen LogP contribution in [0.1, 0.15) is 84.4 Å². The Hall–Kier alpha value is -4.38. The molecule has 2 heterocycles. The van der Waals surface area contributed by atoms with E-state index in [-0.39, 0.29) is 17.9 Å². The fraction of sp³-hybridized carbons (Fsp3) is 0.458. The number of hydrogen-bond acceptors (Lipinski definition) is 7. The number of fused-ring (bicyclic) bond motifs is 2. The molecular formula is C48H59N3O6. The molecule has 2 N–H and O–H groups in total. The molecule has 57 heavy (non-hydrogen) atoms. The van der Waals surface area contributed by atoms with Gasteiger partial charge in [0.15, 0.2) is 0 Å². The van der Waals surface area contributed by atoms with E-state index in [0.717, 1.165) is 48.9 Å². The smallest absolute Gasteiger partial charge is 0.245 e. The van der Waals surface area contributed by atoms with Crippen LogP contribution in [0.25, 0.3) is 0 Å². The third-order valence-corrected chi connectivity index (χ3v) is 11.8. The van der Waals surface area contributed by atoms with E-state index in [9.17, 15) is 9.59 Å². The van der Waals surface area contributed by atoms with Crippen LogP contribution in [0.15, 0.2) is 103 Å². The molecule has 2 bridgehead atoms. The largest absolute Gasteiger partial charge is 0.370 e. The fourth-order valence-electron chi connectivity index (χ4n) is 8.32. The van der Waals surface area contributed by atoms with Crippen molar-refractivity contribution < 1.29 is 28.5 Å². The van der Waals surface area contributed by atoms with Gasteiger partial charge in [-0.1, -0.05) is 97.1 Å². The van der Waals surface area contributed by atoms with Crippen molar-refractivity contribution in [1.29, 1.82) is 0 Å². The first-order valence-electron chi connectivity index (χ1n) is 20.6. The Balaban J connectivity index is 1.01. The minimum Gasteiger partial charge on any atom is -0.370 e. The number of carbonyl (C=O) groups is 2. The predicted octanol–water partition coefficient (Wildman–Crippen LogP) is 7.16.